The molecule has 1 N–H and O–H groups in total. The number of carbonyl (C=O) groups excluding carboxylic acids is 2. The highest BCUT2D eigenvalue weighted by atomic mass is 32.2. The van der Waals surface area contributed by atoms with E-state index in [0.29, 0.717) is 39.7 Å². The zero-order chi connectivity index (χ0) is 21.1. The number of carbonyl (C=O) groups is 2. The van der Waals surface area contributed by atoms with Crippen LogP contribution >= 0.6 is 0 Å². The lowest BCUT2D eigenvalue weighted by atomic mass is 9.97. The van der Waals surface area contributed by atoms with Crippen LogP contribution in [0.25, 0.3) is 0 Å². The lowest BCUT2D eigenvalue weighted by Crippen LogP contribution is -2.31. The van der Waals surface area contributed by atoms with Crippen molar-refractivity contribution in [2.24, 2.45) is 0 Å². The summed E-state index contributed by atoms with van der Waals surface area (Å²) in [5, 5.41) is 2.98. The van der Waals surface area contributed by atoms with Crippen molar-refractivity contribution < 1.29 is 13.8 Å². The lowest BCUT2D eigenvalue weighted by Gasteiger charge is -2.21. The van der Waals surface area contributed by atoms with E-state index in [2.05, 4.69) is 11.4 Å². The van der Waals surface area contributed by atoms with Crippen LogP contribution < -0.4 is 10.2 Å². The molecule has 0 radical (unpaired) electrons. The van der Waals surface area contributed by atoms with Gasteiger partial charge in [0.05, 0.1) is 31.8 Å². The third kappa shape index (κ3) is 3.97. The van der Waals surface area contributed by atoms with E-state index in [1.807, 2.05) is 6.92 Å². The minimum Gasteiger partial charge on any atom is -0.352 e. The number of amides is 2. The molecule has 0 saturated heterocycles. The average molecular weight is 423 g/mol. The minimum absolute atomic E-state index is 0.176. The summed E-state index contributed by atoms with van der Waals surface area (Å²) in [6, 6.07) is 12.1. The van der Waals surface area contributed by atoms with Crippen LogP contribution in [0.1, 0.15) is 59.7 Å². The first-order chi connectivity index (χ1) is 14.6. The van der Waals surface area contributed by atoms with Gasteiger partial charge < -0.3 is 10.2 Å². The van der Waals surface area contributed by atoms with Crippen LogP contribution in [0.4, 0.5) is 5.69 Å². The van der Waals surface area contributed by atoms with E-state index in [4.69, 9.17) is 0 Å². The van der Waals surface area contributed by atoms with Crippen LogP contribution in [-0.4, -0.2) is 29.1 Å². The van der Waals surface area contributed by atoms with Crippen molar-refractivity contribution >= 4 is 28.3 Å². The minimum atomic E-state index is -1.48. The molecule has 4 rings (SSSR count). The van der Waals surface area contributed by atoms with Gasteiger partial charge in [0.1, 0.15) is 0 Å². The van der Waals surface area contributed by atoms with Crippen LogP contribution in [0, 0.1) is 0 Å². The van der Waals surface area contributed by atoms with Gasteiger partial charge in [-0.1, -0.05) is 23.8 Å². The van der Waals surface area contributed by atoms with Crippen LogP contribution in [0.5, 0.6) is 0 Å². The topological polar surface area (TPSA) is 66.5 Å². The maximum absolute atomic E-state index is 13.2. The lowest BCUT2D eigenvalue weighted by molar-refractivity contribution is 0.0950. The molecule has 1 heterocycles. The van der Waals surface area contributed by atoms with Gasteiger partial charge >= 0.3 is 0 Å². The Morgan fingerprint density at radius 1 is 1.13 bits per heavy atom. The van der Waals surface area contributed by atoms with E-state index in [1.54, 1.807) is 47.4 Å². The predicted octanol–water partition coefficient (Wildman–Crippen LogP) is 4.45. The summed E-state index contributed by atoms with van der Waals surface area (Å²) < 4.78 is 13.2. The van der Waals surface area contributed by atoms with Crippen molar-refractivity contribution in [3.63, 3.8) is 0 Å². The molecule has 2 aromatic rings. The molecule has 2 aliphatic rings. The van der Waals surface area contributed by atoms with Crippen LogP contribution in [0.15, 0.2) is 63.9 Å². The van der Waals surface area contributed by atoms with Gasteiger partial charge in [0.2, 0.25) is 0 Å². The first-order valence-electron chi connectivity index (χ1n) is 10.5. The highest BCUT2D eigenvalue weighted by Crippen LogP contribution is 2.35. The second-order valence-corrected chi connectivity index (χ2v) is 9.03. The van der Waals surface area contributed by atoms with Gasteiger partial charge in [-0.2, -0.15) is 0 Å². The summed E-state index contributed by atoms with van der Waals surface area (Å²) in [5.41, 5.74) is 2.88. The number of nitrogens with zero attached hydrogens (tertiary/aromatic N) is 1. The molecule has 5 nitrogen and oxygen atoms in total. The fourth-order valence-corrected chi connectivity index (χ4v) is 5.43. The number of benzene rings is 2. The van der Waals surface area contributed by atoms with Crippen molar-refractivity contribution in [1.29, 1.82) is 0 Å². The standard InChI is InChI=1S/C24H26N2O3S/c1-2-26-20-16-18(23(27)25-15-14-17-8-4-3-5-9-17)12-13-22(20)30(29)21-11-7-6-10-19(21)24(26)28/h6-8,10-13,16H,2-5,9,14-15H2,1H3,(H,25,27). The van der Waals surface area contributed by atoms with Gasteiger partial charge in [-0.15, -0.1) is 0 Å². The SMILES string of the molecule is CCN1C(=O)c2ccccc2S(=O)c2ccc(C(=O)NCCC3=CCCCC3)cc21. The second kappa shape index (κ2) is 8.96. The molecule has 6 heteroatoms. The number of fused-ring (bicyclic) bond motifs is 2. The molecule has 30 heavy (non-hydrogen) atoms. The number of rotatable bonds is 5. The van der Waals surface area contributed by atoms with Gasteiger partial charge in [0.15, 0.2) is 0 Å². The maximum atomic E-state index is 13.2. The molecular weight excluding hydrogens is 396 g/mol. The largest absolute Gasteiger partial charge is 0.352 e. The Morgan fingerprint density at radius 3 is 2.73 bits per heavy atom. The second-order valence-electron chi connectivity index (χ2n) is 7.61. The molecule has 1 aliphatic heterocycles. The van der Waals surface area contributed by atoms with Gasteiger partial charge in [-0.25, -0.2) is 4.21 Å². The molecule has 156 valence electrons. The monoisotopic (exact) mass is 422 g/mol. The van der Waals surface area contributed by atoms with E-state index >= 15 is 0 Å². The Hall–Kier alpha value is -2.73. The Labute approximate surface area is 179 Å². The number of hydrogen-bond donors (Lipinski definition) is 1. The molecule has 1 atom stereocenters. The third-order valence-electron chi connectivity index (χ3n) is 5.71. The number of anilines is 1. The summed E-state index contributed by atoms with van der Waals surface area (Å²) in [7, 11) is -1.48. The van der Waals surface area contributed by atoms with E-state index in [9.17, 15) is 13.8 Å². The quantitative estimate of drug-likeness (QED) is 0.724. The Kier molecular flexibility index (Phi) is 6.13. The van der Waals surface area contributed by atoms with Crippen LogP contribution in [0.3, 0.4) is 0 Å². The van der Waals surface area contributed by atoms with E-state index in [0.717, 1.165) is 19.3 Å². The number of hydrogen-bond acceptors (Lipinski definition) is 3. The number of nitrogens with one attached hydrogen (secondary N) is 1. The Balaban J connectivity index is 1.58. The molecule has 0 fully saturated rings. The number of allylic oxidation sites excluding steroid dienone is 1. The Morgan fingerprint density at radius 2 is 1.97 bits per heavy atom. The Bertz CT molecular complexity index is 1040. The molecule has 0 spiro atoms. The van der Waals surface area contributed by atoms with Crippen molar-refractivity contribution in [3.05, 3.63) is 65.2 Å². The van der Waals surface area contributed by atoms with Gasteiger partial charge in [0.25, 0.3) is 11.8 Å². The highest BCUT2D eigenvalue weighted by molar-refractivity contribution is 7.85. The summed E-state index contributed by atoms with van der Waals surface area (Å²) in [6.07, 6.45) is 7.89. The first-order valence-corrected chi connectivity index (χ1v) is 11.7. The molecule has 0 saturated carbocycles. The molecule has 0 aromatic heterocycles. The fraction of sp³-hybridized carbons (Fsp3) is 0.333. The van der Waals surface area contributed by atoms with E-state index in [1.165, 1.54) is 18.4 Å². The molecule has 2 aromatic carbocycles. The molecule has 1 unspecified atom stereocenters. The van der Waals surface area contributed by atoms with Crippen molar-refractivity contribution in [3.8, 4) is 0 Å². The van der Waals surface area contributed by atoms with Crippen molar-refractivity contribution in [1.82, 2.24) is 5.32 Å². The highest BCUT2D eigenvalue weighted by Gasteiger charge is 2.30. The molecule has 0 bridgehead atoms. The summed E-state index contributed by atoms with van der Waals surface area (Å²) in [4.78, 5) is 28.5. The molecular formula is C24H26N2O3S. The fourth-order valence-electron chi connectivity index (χ4n) is 4.09. The maximum Gasteiger partial charge on any atom is 0.259 e. The zero-order valence-electron chi connectivity index (χ0n) is 17.1. The third-order valence-corrected chi connectivity index (χ3v) is 7.21. The van der Waals surface area contributed by atoms with Gasteiger partial charge in [-0.3, -0.25) is 9.59 Å². The molecule has 2 amide bonds. The first kappa shape index (κ1) is 20.5. The van der Waals surface area contributed by atoms with Crippen molar-refractivity contribution in [2.75, 3.05) is 18.0 Å². The van der Waals surface area contributed by atoms with Gasteiger partial charge in [-0.05, 0) is 69.4 Å². The smallest absolute Gasteiger partial charge is 0.259 e. The van der Waals surface area contributed by atoms with Gasteiger partial charge in [0, 0.05) is 18.7 Å². The predicted molar refractivity (Wildman–Crippen MR) is 118 cm³/mol. The van der Waals surface area contributed by atoms with Crippen LogP contribution in [-0.2, 0) is 10.8 Å². The summed E-state index contributed by atoms with van der Waals surface area (Å²) in [6.45, 7) is 2.90. The van der Waals surface area contributed by atoms with E-state index in [-0.39, 0.29) is 11.8 Å². The normalized spacial score (nSPS) is 18.2. The van der Waals surface area contributed by atoms with E-state index < -0.39 is 10.8 Å². The molecule has 1 aliphatic carbocycles. The average Bonchev–Trinajstić information content (AvgIpc) is 2.87. The zero-order valence-corrected chi connectivity index (χ0v) is 18.0. The summed E-state index contributed by atoms with van der Waals surface area (Å²) in [5.74, 6) is -0.368. The van der Waals surface area contributed by atoms with Crippen LogP contribution in [0.2, 0.25) is 0 Å². The van der Waals surface area contributed by atoms with Crippen molar-refractivity contribution in [2.45, 2.75) is 48.8 Å². The summed E-state index contributed by atoms with van der Waals surface area (Å²) >= 11 is 0.